The maximum Gasteiger partial charge on any atom is 0.142 e. The van der Waals surface area contributed by atoms with E-state index in [1.165, 1.54) is 29.5 Å². The minimum Gasteiger partial charge on any atom is -0.495 e. The Labute approximate surface area is 163 Å². The molecular weight excluding hydrogens is 361 g/mol. The molecule has 2 fully saturated rings. The normalized spacial score (nSPS) is 20.1. The molecule has 1 saturated heterocycles. The van der Waals surface area contributed by atoms with Crippen molar-refractivity contribution in [2.24, 2.45) is 0 Å². The predicted molar refractivity (Wildman–Crippen MR) is 109 cm³/mol. The van der Waals surface area contributed by atoms with Gasteiger partial charge in [-0.05, 0) is 43.2 Å². The van der Waals surface area contributed by atoms with Gasteiger partial charge in [0.2, 0.25) is 0 Å². The number of halogens is 1. The molecule has 1 aliphatic carbocycles. The summed E-state index contributed by atoms with van der Waals surface area (Å²) in [6.07, 6.45) is 2.75. The number of piperazine rings is 1. The van der Waals surface area contributed by atoms with Crippen molar-refractivity contribution in [3.63, 3.8) is 0 Å². The number of hydrogen-bond donors (Lipinski definition) is 0. The molecule has 2 aliphatic heterocycles. The van der Waals surface area contributed by atoms with Crippen molar-refractivity contribution in [2.75, 3.05) is 49.0 Å². The standard InChI is InChI=1S/C21H24FN3OS/c1-26-20-6-2-15(22)12-18(20)25-14-27-21-7-5-17(13-19(21)25)24-10-8-23(9-11-24)16-3-4-16/h2,5-7,12-13,16H,3-4,8-11,14H2,1H3. The van der Waals surface area contributed by atoms with Gasteiger partial charge in [0.25, 0.3) is 0 Å². The number of anilines is 3. The fourth-order valence-corrected chi connectivity index (χ4v) is 5.13. The van der Waals surface area contributed by atoms with E-state index in [0.29, 0.717) is 5.75 Å². The minimum atomic E-state index is -0.239. The van der Waals surface area contributed by atoms with E-state index >= 15 is 0 Å². The Morgan fingerprint density at radius 3 is 2.56 bits per heavy atom. The van der Waals surface area contributed by atoms with Gasteiger partial charge >= 0.3 is 0 Å². The lowest BCUT2D eigenvalue weighted by Crippen LogP contribution is -2.47. The summed E-state index contributed by atoms with van der Waals surface area (Å²) >= 11 is 1.78. The number of benzene rings is 2. The third-order valence-electron chi connectivity index (χ3n) is 5.76. The summed E-state index contributed by atoms with van der Waals surface area (Å²) in [6.45, 7) is 4.45. The SMILES string of the molecule is COc1ccc(F)cc1N1CSc2ccc(N3CCN(C4CC4)CC3)cc21. The number of nitrogens with zero attached hydrogens (tertiary/aromatic N) is 3. The lowest BCUT2D eigenvalue weighted by Gasteiger charge is -2.36. The molecule has 27 heavy (non-hydrogen) atoms. The van der Waals surface area contributed by atoms with E-state index in [4.69, 9.17) is 4.74 Å². The predicted octanol–water partition coefficient (Wildman–Crippen LogP) is 4.32. The summed E-state index contributed by atoms with van der Waals surface area (Å²) in [6, 6.07) is 12.2. The third kappa shape index (κ3) is 3.25. The van der Waals surface area contributed by atoms with Crippen LogP contribution in [0.25, 0.3) is 0 Å². The Balaban J connectivity index is 1.41. The van der Waals surface area contributed by atoms with Crippen LogP contribution in [0.2, 0.25) is 0 Å². The molecule has 6 heteroatoms. The van der Waals surface area contributed by atoms with Crippen LogP contribution in [0.1, 0.15) is 12.8 Å². The van der Waals surface area contributed by atoms with Gasteiger partial charge in [0.15, 0.2) is 0 Å². The van der Waals surface area contributed by atoms with Crippen LogP contribution in [0, 0.1) is 5.82 Å². The van der Waals surface area contributed by atoms with Gasteiger partial charge in [-0.2, -0.15) is 0 Å². The highest BCUT2D eigenvalue weighted by Crippen LogP contribution is 2.47. The Morgan fingerprint density at radius 2 is 1.81 bits per heavy atom. The molecule has 0 unspecified atom stereocenters. The molecular formula is C21H24FN3OS. The molecule has 0 bridgehead atoms. The van der Waals surface area contributed by atoms with E-state index < -0.39 is 0 Å². The third-order valence-corrected chi connectivity index (χ3v) is 6.80. The monoisotopic (exact) mass is 385 g/mol. The van der Waals surface area contributed by atoms with Crippen LogP contribution in [0.4, 0.5) is 21.5 Å². The first-order chi connectivity index (χ1) is 13.2. The zero-order chi connectivity index (χ0) is 18.4. The fourth-order valence-electron chi connectivity index (χ4n) is 4.10. The quantitative estimate of drug-likeness (QED) is 0.778. The van der Waals surface area contributed by atoms with E-state index in [9.17, 15) is 4.39 Å². The Bertz CT molecular complexity index is 849. The number of hydrogen-bond acceptors (Lipinski definition) is 5. The molecule has 5 rings (SSSR count). The van der Waals surface area contributed by atoms with Gasteiger partial charge in [0.05, 0.1) is 24.4 Å². The number of methoxy groups -OCH3 is 1. The average Bonchev–Trinajstić information content (AvgIpc) is 3.47. The zero-order valence-corrected chi connectivity index (χ0v) is 16.3. The molecule has 2 aromatic carbocycles. The smallest absolute Gasteiger partial charge is 0.142 e. The first-order valence-corrected chi connectivity index (χ1v) is 10.6. The molecule has 142 valence electrons. The van der Waals surface area contributed by atoms with Gasteiger partial charge in [0.1, 0.15) is 11.6 Å². The first-order valence-electron chi connectivity index (χ1n) is 9.60. The van der Waals surface area contributed by atoms with E-state index in [2.05, 4.69) is 32.9 Å². The molecule has 3 aliphatic rings. The van der Waals surface area contributed by atoms with Crippen molar-refractivity contribution in [1.29, 1.82) is 0 Å². The second-order valence-corrected chi connectivity index (χ2v) is 8.41. The molecule has 0 amide bonds. The number of ether oxygens (including phenoxy) is 1. The van der Waals surface area contributed by atoms with Gasteiger partial charge in [-0.15, -0.1) is 11.8 Å². The molecule has 2 aromatic rings. The molecule has 4 nitrogen and oxygen atoms in total. The van der Waals surface area contributed by atoms with Crippen molar-refractivity contribution < 1.29 is 9.13 Å². The molecule has 2 heterocycles. The summed E-state index contributed by atoms with van der Waals surface area (Å²) < 4.78 is 19.4. The summed E-state index contributed by atoms with van der Waals surface area (Å²) in [5.74, 6) is 1.23. The second-order valence-electron chi connectivity index (χ2n) is 7.42. The highest BCUT2D eigenvalue weighted by atomic mass is 32.2. The highest BCUT2D eigenvalue weighted by Gasteiger charge is 2.32. The molecule has 0 N–H and O–H groups in total. The van der Waals surface area contributed by atoms with E-state index in [1.54, 1.807) is 31.0 Å². The van der Waals surface area contributed by atoms with Gasteiger partial charge < -0.3 is 14.5 Å². The van der Waals surface area contributed by atoms with Crippen molar-refractivity contribution in [3.05, 3.63) is 42.2 Å². The van der Waals surface area contributed by atoms with Crippen LogP contribution in [-0.4, -0.2) is 50.1 Å². The lowest BCUT2D eigenvalue weighted by molar-refractivity contribution is 0.248. The van der Waals surface area contributed by atoms with Crippen LogP contribution >= 0.6 is 11.8 Å². The molecule has 0 aromatic heterocycles. The molecule has 1 saturated carbocycles. The van der Waals surface area contributed by atoms with Crippen molar-refractivity contribution in [2.45, 2.75) is 23.8 Å². The number of rotatable bonds is 4. The van der Waals surface area contributed by atoms with E-state index in [-0.39, 0.29) is 5.82 Å². The molecule has 0 spiro atoms. The van der Waals surface area contributed by atoms with Crippen LogP contribution in [0.5, 0.6) is 5.75 Å². The topological polar surface area (TPSA) is 19.0 Å². The van der Waals surface area contributed by atoms with Gasteiger partial charge in [-0.25, -0.2) is 4.39 Å². The average molecular weight is 386 g/mol. The largest absolute Gasteiger partial charge is 0.495 e. The highest BCUT2D eigenvalue weighted by molar-refractivity contribution is 7.99. The Kier molecular flexibility index (Phi) is 4.40. The van der Waals surface area contributed by atoms with Gasteiger partial charge in [0, 0.05) is 48.9 Å². The van der Waals surface area contributed by atoms with Crippen LogP contribution in [-0.2, 0) is 0 Å². The molecule has 0 atom stereocenters. The van der Waals surface area contributed by atoms with Crippen LogP contribution < -0.4 is 14.5 Å². The number of fused-ring (bicyclic) bond motifs is 1. The first kappa shape index (κ1) is 17.2. The summed E-state index contributed by atoms with van der Waals surface area (Å²) in [5, 5.41) is 0. The van der Waals surface area contributed by atoms with Gasteiger partial charge in [-0.3, -0.25) is 4.90 Å². The second kappa shape index (κ2) is 6.91. The van der Waals surface area contributed by atoms with Crippen molar-refractivity contribution >= 4 is 28.8 Å². The van der Waals surface area contributed by atoms with E-state index in [1.807, 2.05) is 0 Å². The summed E-state index contributed by atoms with van der Waals surface area (Å²) in [4.78, 5) is 8.50. The zero-order valence-electron chi connectivity index (χ0n) is 15.5. The minimum absolute atomic E-state index is 0.239. The van der Waals surface area contributed by atoms with Gasteiger partial charge in [-0.1, -0.05) is 0 Å². The summed E-state index contributed by atoms with van der Waals surface area (Å²) in [5.41, 5.74) is 3.19. The fraction of sp³-hybridized carbons (Fsp3) is 0.429. The maximum atomic E-state index is 13.9. The van der Waals surface area contributed by atoms with Crippen molar-refractivity contribution in [1.82, 2.24) is 4.90 Å². The summed E-state index contributed by atoms with van der Waals surface area (Å²) in [7, 11) is 1.64. The Hall–Kier alpha value is -1.92. The lowest BCUT2D eigenvalue weighted by atomic mass is 10.2. The van der Waals surface area contributed by atoms with Crippen LogP contribution in [0.15, 0.2) is 41.3 Å². The maximum absolute atomic E-state index is 13.9. The number of thioether (sulfide) groups is 1. The van der Waals surface area contributed by atoms with Crippen molar-refractivity contribution in [3.8, 4) is 5.75 Å². The molecule has 0 radical (unpaired) electrons. The van der Waals surface area contributed by atoms with Crippen LogP contribution in [0.3, 0.4) is 0 Å². The van der Waals surface area contributed by atoms with E-state index in [0.717, 1.165) is 49.5 Å². The Morgan fingerprint density at radius 1 is 1.00 bits per heavy atom.